The first-order valence-electron chi connectivity index (χ1n) is 10.9. The summed E-state index contributed by atoms with van der Waals surface area (Å²) in [4.78, 5) is 3.88. The molecule has 3 rings (SSSR count). The Kier molecular flexibility index (Phi) is 7.30. The van der Waals surface area contributed by atoms with E-state index in [1.165, 1.54) is 22.6 Å². The van der Waals surface area contributed by atoms with Crippen molar-refractivity contribution in [2.45, 2.75) is 59.2 Å². The van der Waals surface area contributed by atoms with Gasteiger partial charge in [0.25, 0.3) is 0 Å². The van der Waals surface area contributed by atoms with Gasteiger partial charge in [0.05, 0.1) is 38.9 Å². The molecule has 1 aliphatic heterocycles. The molecular formula is C23H38ClN2O2+. The number of hydrogen-bond donors (Lipinski definition) is 2. The number of quaternary nitrogens is 1. The minimum Gasteiger partial charge on any atom is -0.385 e. The van der Waals surface area contributed by atoms with Crippen LogP contribution in [-0.4, -0.2) is 56.6 Å². The number of ether oxygens (including phenoxy) is 1. The average Bonchev–Trinajstić information content (AvgIpc) is 2.61. The maximum absolute atomic E-state index is 10.5. The van der Waals surface area contributed by atoms with Crippen molar-refractivity contribution < 1.29 is 14.7 Å². The van der Waals surface area contributed by atoms with Gasteiger partial charge in [-0.05, 0) is 55.2 Å². The topological polar surface area (TPSA) is 37.1 Å². The van der Waals surface area contributed by atoms with E-state index in [0.29, 0.717) is 24.0 Å². The smallest absolute Gasteiger partial charge is 0.126 e. The minimum absolute atomic E-state index is 0.297. The summed E-state index contributed by atoms with van der Waals surface area (Å²) < 4.78 is 6.12. The molecule has 0 radical (unpaired) electrons. The van der Waals surface area contributed by atoms with Crippen LogP contribution in [0.5, 0.6) is 0 Å². The van der Waals surface area contributed by atoms with Crippen LogP contribution in [0, 0.1) is 18.3 Å². The highest BCUT2D eigenvalue weighted by atomic mass is 35.5. The number of aryl methyl sites for hydroxylation is 1. The summed E-state index contributed by atoms with van der Waals surface area (Å²) in [5, 5.41) is 11.3. The standard InChI is InChI=1S/C23H37ClN2O2/c1-17-11-21(14-23(3,4)13-17)28-16-20(27)15-25-7-9-26(10-8-25)22-12-19(24)6-5-18(22)2/h5-6,12,17,20-21,27H,7-11,13-16H2,1-4H3/p+1/t17-,20+,21-/m0/s1. The van der Waals surface area contributed by atoms with Crippen LogP contribution in [0.4, 0.5) is 5.69 Å². The SMILES string of the molecule is Cc1ccc(Cl)cc1N1CC[NH+](C[C@@H](O)CO[C@H]2C[C@H](C)CC(C)(C)C2)CC1. The summed E-state index contributed by atoms with van der Waals surface area (Å²) in [5.41, 5.74) is 2.86. The predicted molar refractivity (Wildman–Crippen MR) is 117 cm³/mol. The molecule has 3 atom stereocenters. The molecule has 0 amide bonds. The highest BCUT2D eigenvalue weighted by Crippen LogP contribution is 2.39. The molecule has 2 N–H and O–H groups in total. The van der Waals surface area contributed by atoms with E-state index < -0.39 is 0 Å². The van der Waals surface area contributed by atoms with E-state index in [4.69, 9.17) is 16.3 Å². The Morgan fingerprint density at radius 3 is 2.68 bits per heavy atom. The Hall–Kier alpha value is -0.810. The maximum Gasteiger partial charge on any atom is 0.126 e. The summed E-state index contributed by atoms with van der Waals surface area (Å²) >= 11 is 6.18. The fourth-order valence-corrected chi connectivity index (χ4v) is 5.38. The number of hydrogen-bond acceptors (Lipinski definition) is 3. The molecule has 5 heteroatoms. The molecule has 158 valence electrons. The number of halogens is 1. The zero-order valence-corrected chi connectivity index (χ0v) is 18.8. The van der Waals surface area contributed by atoms with E-state index in [2.05, 4.69) is 44.7 Å². The van der Waals surface area contributed by atoms with Crippen molar-refractivity contribution in [3.05, 3.63) is 28.8 Å². The van der Waals surface area contributed by atoms with Crippen molar-refractivity contribution in [3.63, 3.8) is 0 Å². The number of piperazine rings is 1. The first kappa shape index (κ1) is 21.9. The number of benzene rings is 1. The van der Waals surface area contributed by atoms with Crippen LogP contribution in [0.1, 0.15) is 45.6 Å². The normalized spacial score (nSPS) is 27.0. The molecule has 1 aromatic rings. The van der Waals surface area contributed by atoms with Crippen LogP contribution in [0.3, 0.4) is 0 Å². The van der Waals surface area contributed by atoms with Crippen LogP contribution in [0.2, 0.25) is 5.02 Å². The molecule has 0 bridgehead atoms. The molecule has 0 unspecified atom stereocenters. The van der Waals surface area contributed by atoms with E-state index in [1.54, 1.807) is 0 Å². The summed E-state index contributed by atoms with van der Waals surface area (Å²) in [6, 6.07) is 6.11. The van der Waals surface area contributed by atoms with Gasteiger partial charge in [0.1, 0.15) is 12.6 Å². The fraction of sp³-hybridized carbons (Fsp3) is 0.739. The second-order valence-electron chi connectivity index (χ2n) is 9.89. The highest BCUT2D eigenvalue weighted by Gasteiger charge is 2.33. The molecule has 28 heavy (non-hydrogen) atoms. The van der Waals surface area contributed by atoms with E-state index in [0.717, 1.165) is 50.6 Å². The first-order valence-corrected chi connectivity index (χ1v) is 11.2. The van der Waals surface area contributed by atoms with Gasteiger partial charge >= 0.3 is 0 Å². The van der Waals surface area contributed by atoms with Gasteiger partial charge in [-0.3, -0.25) is 0 Å². The summed E-state index contributed by atoms with van der Waals surface area (Å²) in [5.74, 6) is 0.708. The summed E-state index contributed by atoms with van der Waals surface area (Å²) in [6.07, 6.45) is 3.42. The van der Waals surface area contributed by atoms with Crippen molar-refractivity contribution in [1.82, 2.24) is 0 Å². The maximum atomic E-state index is 10.5. The van der Waals surface area contributed by atoms with E-state index in [1.807, 2.05) is 6.07 Å². The number of aliphatic hydroxyl groups is 1. The van der Waals surface area contributed by atoms with Crippen LogP contribution in [0.15, 0.2) is 18.2 Å². The summed E-state index contributed by atoms with van der Waals surface area (Å²) in [7, 11) is 0. The lowest BCUT2D eigenvalue weighted by Gasteiger charge is -2.39. The predicted octanol–water partition coefficient (Wildman–Crippen LogP) is 2.95. The van der Waals surface area contributed by atoms with Crippen LogP contribution >= 0.6 is 11.6 Å². The molecule has 1 aliphatic carbocycles. The van der Waals surface area contributed by atoms with Crippen molar-refractivity contribution >= 4 is 17.3 Å². The lowest BCUT2D eigenvalue weighted by atomic mass is 9.71. The number of aliphatic hydroxyl groups excluding tert-OH is 1. The van der Waals surface area contributed by atoms with Crippen molar-refractivity contribution in [1.29, 1.82) is 0 Å². The fourth-order valence-electron chi connectivity index (χ4n) is 5.22. The Bertz CT molecular complexity index is 643. The van der Waals surface area contributed by atoms with Crippen molar-refractivity contribution in [3.8, 4) is 0 Å². The number of anilines is 1. The molecule has 1 aromatic carbocycles. The molecule has 0 spiro atoms. The lowest BCUT2D eigenvalue weighted by molar-refractivity contribution is -0.903. The van der Waals surface area contributed by atoms with E-state index >= 15 is 0 Å². The third kappa shape index (κ3) is 6.09. The second kappa shape index (κ2) is 9.34. The molecule has 2 aliphatic rings. The van der Waals surface area contributed by atoms with E-state index in [9.17, 15) is 5.11 Å². The van der Waals surface area contributed by atoms with Crippen molar-refractivity contribution in [2.75, 3.05) is 44.2 Å². The first-order chi connectivity index (χ1) is 13.2. The average molecular weight is 410 g/mol. The largest absolute Gasteiger partial charge is 0.385 e. The van der Waals surface area contributed by atoms with Gasteiger partial charge in [-0.15, -0.1) is 0 Å². The van der Waals surface area contributed by atoms with Gasteiger partial charge in [0, 0.05) is 10.7 Å². The van der Waals surface area contributed by atoms with Gasteiger partial charge in [-0.25, -0.2) is 0 Å². The molecule has 1 heterocycles. The van der Waals surface area contributed by atoms with Crippen LogP contribution < -0.4 is 9.80 Å². The summed E-state index contributed by atoms with van der Waals surface area (Å²) in [6.45, 7) is 14.4. The molecule has 1 saturated carbocycles. The zero-order chi connectivity index (χ0) is 20.3. The Balaban J connectivity index is 1.41. The quantitative estimate of drug-likeness (QED) is 0.758. The van der Waals surface area contributed by atoms with Gasteiger partial charge < -0.3 is 19.6 Å². The lowest BCUT2D eigenvalue weighted by Crippen LogP contribution is -3.16. The van der Waals surface area contributed by atoms with Gasteiger partial charge in [-0.1, -0.05) is 38.4 Å². The number of nitrogens with zero attached hydrogens (tertiary/aromatic N) is 1. The second-order valence-corrected chi connectivity index (χ2v) is 10.3. The Labute approximate surface area is 175 Å². The van der Waals surface area contributed by atoms with Gasteiger partial charge in [0.15, 0.2) is 0 Å². The number of nitrogens with one attached hydrogen (secondary N) is 1. The molecular weight excluding hydrogens is 372 g/mol. The third-order valence-corrected chi connectivity index (χ3v) is 6.61. The highest BCUT2D eigenvalue weighted by molar-refractivity contribution is 6.30. The van der Waals surface area contributed by atoms with E-state index in [-0.39, 0.29) is 6.10 Å². The third-order valence-electron chi connectivity index (χ3n) is 6.38. The molecule has 1 saturated heterocycles. The van der Waals surface area contributed by atoms with Crippen LogP contribution in [0.25, 0.3) is 0 Å². The minimum atomic E-state index is -0.380. The van der Waals surface area contributed by atoms with Crippen molar-refractivity contribution in [2.24, 2.45) is 11.3 Å². The number of rotatable bonds is 6. The Morgan fingerprint density at radius 2 is 2.00 bits per heavy atom. The van der Waals surface area contributed by atoms with Gasteiger partial charge in [-0.2, -0.15) is 0 Å². The molecule has 0 aromatic heterocycles. The monoisotopic (exact) mass is 409 g/mol. The molecule has 2 fully saturated rings. The van der Waals surface area contributed by atoms with Crippen LogP contribution in [-0.2, 0) is 4.74 Å². The zero-order valence-electron chi connectivity index (χ0n) is 18.0. The molecule has 4 nitrogen and oxygen atoms in total. The van der Waals surface area contributed by atoms with Gasteiger partial charge in [0.2, 0.25) is 0 Å². The Morgan fingerprint density at radius 1 is 1.29 bits per heavy atom.